The number of hydrogen-bond acceptors (Lipinski definition) is 7. The van der Waals surface area contributed by atoms with Crippen LogP contribution < -0.4 is 9.64 Å². The minimum absolute atomic E-state index is 0.254. The van der Waals surface area contributed by atoms with Crippen LogP contribution in [0.4, 0.5) is 10.2 Å². The van der Waals surface area contributed by atoms with Crippen molar-refractivity contribution in [3.63, 3.8) is 0 Å². The second kappa shape index (κ2) is 9.37. The molecule has 0 bridgehead atoms. The van der Waals surface area contributed by atoms with Crippen molar-refractivity contribution in [1.82, 2.24) is 24.6 Å². The van der Waals surface area contributed by atoms with Gasteiger partial charge in [-0.1, -0.05) is 11.6 Å². The van der Waals surface area contributed by atoms with Crippen molar-refractivity contribution in [2.45, 2.75) is 44.3 Å². The summed E-state index contributed by atoms with van der Waals surface area (Å²) in [5.41, 5.74) is 2.29. The molecule has 5 heterocycles. The van der Waals surface area contributed by atoms with E-state index in [2.05, 4.69) is 36.6 Å². The highest BCUT2D eigenvalue weighted by molar-refractivity contribution is 6.30. The summed E-state index contributed by atoms with van der Waals surface area (Å²) < 4.78 is 26.9. The lowest BCUT2D eigenvalue weighted by Crippen LogP contribution is -2.34. The summed E-state index contributed by atoms with van der Waals surface area (Å²) >= 11 is 6.41. The van der Waals surface area contributed by atoms with E-state index in [0.29, 0.717) is 17.6 Å². The molecule has 184 valence electrons. The average molecular weight is 499 g/mol. The van der Waals surface area contributed by atoms with E-state index in [0.717, 1.165) is 81.0 Å². The van der Waals surface area contributed by atoms with E-state index in [4.69, 9.17) is 26.2 Å². The Labute approximate surface area is 208 Å². The normalized spacial score (nSPS) is 21.0. The van der Waals surface area contributed by atoms with E-state index in [1.54, 1.807) is 7.11 Å². The summed E-state index contributed by atoms with van der Waals surface area (Å²) in [6.07, 6.45) is 4.05. The maximum atomic E-state index is 13.6. The molecule has 0 aliphatic carbocycles. The van der Waals surface area contributed by atoms with E-state index < -0.39 is 5.82 Å². The van der Waals surface area contributed by atoms with Gasteiger partial charge in [0.15, 0.2) is 17.4 Å². The third-order valence-electron chi connectivity index (χ3n) is 7.36. The second-order valence-electron chi connectivity index (χ2n) is 9.45. The van der Waals surface area contributed by atoms with Gasteiger partial charge in [-0.25, -0.2) is 9.37 Å². The van der Waals surface area contributed by atoms with Gasteiger partial charge in [0.05, 0.1) is 32.1 Å². The summed E-state index contributed by atoms with van der Waals surface area (Å²) in [6, 6.07) is 7.85. The molecule has 2 aromatic heterocycles. The summed E-state index contributed by atoms with van der Waals surface area (Å²) in [4.78, 5) is 8.89. The molecule has 6 rings (SSSR count). The summed E-state index contributed by atoms with van der Waals surface area (Å²) in [6.45, 7) is 4.63. The van der Waals surface area contributed by atoms with Crippen LogP contribution in [0.5, 0.6) is 5.75 Å². The Kier molecular flexibility index (Phi) is 6.07. The number of pyridine rings is 1. The van der Waals surface area contributed by atoms with Crippen molar-refractivity contribution in [3.8, 4) is 11.4 Å². The van der Waals surface area contributed by atoms with E-state index in [1.807, 2.05) is 6.07 Å². The first kappa shape index (κ1) is 22.7. The molecule has 0 saturated carbocycles. The highest BCUT2D eigenvalue weighted by atomic mass is 35.5. The van der Waals surface area contributed by atoms with E-state index in [9.17, 15) is 4.39 Å². The van der Waals surface area contributed by atoms with Crippen LogP contribution in [0.1, 0.15) is 42.4 Å². The molecule has 0 N–H and O–H groups in total. The molecule has 3 aliphatic rings. The molecule has 2 fully saturated rings. The number of piperidine rings is 1. The molecule has 3 aromatic rings. The van der Waals surface area contributed by atoms with Crippen LogP contribution in [0, 0.1) is 5.82 Å². The van der Waals surface area contributed by atoms with Gasteiger partial charge in [0.2, 0.25) is 0 Å². The summed E-state index contributed by atoms with van der Waals surface area (Å²) in [7, 11) is 1.54. The smallest absolute Gasteiger partial charge is 0.171 e. The van der Waals surface area contributed by atoms with E-state index >= 15 is 0 Å². The molecular weight excluding hydrogens is 471 g/mol. The van der Waals surface area contributed by atoms with Crippen molar-refractivity contribution < 1.29 is 13.9 Å². The molecule has 8 nitrogen and oxygen atoms in total. The molecule has 0 unspecified atom stereocenters. The van der Waals surface area contributed by atoms with Crippen LogP contribution in [0.15, 0.2) is 30.5 Å². The first-order valence-corrected chi connectivity index (χ1v) is 12.5. The van der Waals surface area contributed by atoms with Gasteiger partial charge in [-0.05, 0) is 43.0 Å². The van der Waals surface area contributed by atoms with Gasteiger partial charge < -0.3 is 14.4 Å². The lowest BCUT2D eigenvalue weighted by molar-refractivity contribution is 0.133. The molecule has 0 spiro atoms. The number of methoxy groups -OCH3 is 1. The lowest BCUT2D eigenvalue weighted by Gasteiger charge is -2.33. The van der Waals surface area contributed by atoms with Crippen molar-refractivity contribution in [2.24, 2.45) is 0 Å². The number of benzene rings is 1. The minimum Gasteiger partial charge on any atom is -0.493 e. The molecule has 0 radical (unpaired) electrons. The standard InChI is InChI=1S/C25H28ClFN6O2/c1-34-22-11-19(27)12-28-25(22)31-7-4-16(5-8-31)24-30-29-23-14-32(20-6-9-35-15-20)13-17-10-18(26)2-3-21(17)33(23)24/h2-3,10-12,16,20H,4-9,13-15H2,1H3/t20-/m0/s1. The van der Waals surface area contributed by atoms with Gasteiger partial charge in [0.25, 0.3) is 0 Å². The van der Waals surface area contributed by atoms with Crippen molar-refractivity contribution in [1.29, 1.82) is 0 Å². The Morgan fingerprint density at radius 2 is 1.97 bits per heavy atom. The zero-order valence-corrected chi connectivity index (χ0v) is 20.4. The first-order valence-electron chi connectivity index (χ1n) is 12.1. The predicted octanol–water partition coefficient (Wildman–Crippen LogP) is 3.95. The molecule has 10 heteroatoms. The largest absolute Gasteiger partial charge is 0.493 e. The van der Waals surface area contributed by atoms with Gasteiger partial charge in [-0.2, -0.15) is 0 Å². The fourth-order valence-electron chi connectivity index (χ4n) is 5.53. The van der Waals surface area contributed by atoms with Crippen LogP contribution in [0.2, 0.25) is 5.02 Å². The topological polar surface area (TPSA) is 68.5 Å². The van der Waals surface area contributed by atoms with Gasteiger partial charge in [0, 0.05) is 49.3 Å². The Balaban J connectivity index is 1.29. The maximum absolute atomic E-state index is 13.6. The Hall–Kier alpha value is -2.75. The minimum atomic E-state index is -0.399. The molecule has 3 aliphatic heterocycles. The Morgan fingerprint density at radius 1 is 1.11 bits per heavy atom. The van der Waals surface area contributed by atoms with Crippen molar-refractivity contribution in [2.75, 3.05) is 38.3 Å². The fraction of sp³-hybridized carbons (Fsp3) is 0.480. The van der Waals surface area contributed by atoms with Crippen LogP contribution in [0.25, 0.3) is 5.69 Å². The highest BCUT2D eigenvalue weighted by Crippen LogP contribution is 2.36. The summed E-state index contributed by atoms with van der Waals surface area (Å²) in [5.74, 6) is 2.94. The zero-order valence-electron chi connectivity index (χ0n) is 19.7. The molecular formula is C25H28ClFN6O2. The van der Waals surface area contributed by atoms with Gasteiger partial charge in [-0.15, -0.1) is 10.2 Å². The number of aromatic nitrogens is 4. The Morgan fingerprint density at radius 3 is 2.74 bits per heavy atom. The summed E-state index contributed by atoms with van der Waals surface area (Å²) in [5, 5.41) is 10.1. The fourth-order valence-corrected chi connectivity index (χ4v) is 5.73. The molecule has 1 atom stereocenters. The number of nitrogens with zero attached hydrogens (tertiary/aromatic N) is 6. The zero-order chi connectivity index (χ0) is 23.9. The third-order valence-corrected chi connectivity index (χ3v) is 7.59. The molecule has 0 amide bonds. The van der Waals surface area contributed by atoms with E-state index in [1.165, 1.54) is 17.8 Å². The Bertz CT molecular complexity index is 1220. The van der Waals surface area contributed by atoms with Crippen LogP contribution in [-0.4, -0.2) is 64.1 Å². The van der Waals surface area contributed by atoms with Crippen LogP contribution in [0.3, 0.4) is 0 Å². The van der Waals surface area contributed by atoms with Crippen LogP contribution in [-0.2, 0) is 17.8 Å². The number of ether oxygens (including phenoxy) is 2. The molecule has 2 saturated heterocycles. The average Bonchev–Trinajstić information content (AvgIpc) is 3.52. The van der Waals surface area contributed by atoms with Crippen LogP contribution >= 0.6 is 11.6 Å². The number of halogens is 2. The number of anilines is 1. The van der Waals surface area contributed by atoms with Crippen molar-refractivity contribution in [3.05, 3.63) is 58.5 Å². The van der Waals surface area contributed by atoms with Gasteiger partial charge in [0.1, 0.15) is 11.6 Å². The lowest BCUT2D eigenvalue weighted by atomic mass is 9.95. The highest BCUT2D eigenvalue weighted by Gasteiger charge is 2.33. The molecule has 1 aromatic carbocycles. The number of hydrogen-bond donors (Lipinski definition) is 0. The molecule has 35 heavy (non-hydrogen) atoms. The van der Waals surface area contributed by atoms with E-state index in [-0.39, 0.29) is 5.92 Å². The predicted molar refractivity (Wildman–Crippen MR) is 130 cm³/mol. The first-order chi connectivity index (χ1) is 17.1. The monoisotopic (exact) mass is 498 g/mol. The van der Waals surface area contributed by atoms with Crippen molar-refractivity contribution >= 4 is 17.4 Å². The quantitative estimate of drug-likeness (QED) is 0.539. The maximum Gasteiger partial charge on any atom is 0.171 e. The number of rotatable bonds is 4. The second-order valence-corrected chi connectivity index (χ2v) is 9.88. The van der Waals surface area contributed by atoms with Gasteiger partial charge in [-0.3, -0.25) is 9.47 Å². The SMILES string of the molecule is COc1cc(F)cnc1N1CCC(c2nnc3n2-c2ccc(Cl)cc2CN([C@H]2CCOC2)C3)CC1. The number of fused-ring (bicyclic) bond motifs is 3. The van der Waals surface area contributed by atoms with Gasteiger partial charge >= 0.3 is 0 Å². The third kappa shape index (κ3) is 4.26.